The normalized spacial score (nSPS) is 10.9. The third-order valence-corrected chi connectivity index (χ3v) is 2.23. The number of fused-ring (bicyclic) bond motifs is 1. The lowest BCUT2D eigenvalue weighted by Gasteiger charge is -1.98. The minimum absolute atomic E-state index is 0.928. The predicted molar refractivity (Wildman–Crippen MR) is 55.2 cm³/mol. The number of aryl methyl sites for hydroxylation is 2. The summed E-state index contributed by atoms with van der Waals surface area (Å²) in [6, 6.07) is 4.00. The summed E-state index contributed by atoms with van der Waals surface area (Å²) in [7, 11) is 0. The second kappa shape index (κ2) is 2.69. The monoisotopic (exact) mass is 273 g/mol. The van der Waals surface area contributed by atoms with Gasteiger partial charge in [0.05, 0.1) is 0 Å². The van der Waals surface area contributed by atoms with Gasteiger partial charge in [-0.3, -0.25) is 0 Å². The van der Waals surface area contributed by atoms with Crippen LogP contribution in [-0.4, -0.2) is 14.6 Å². The molecular formula is C8H8IN3. The van der Waals surface area contributed by atoms with Crippen molar-refractivity contribution in [1.29, 1.82) is 0 Å². The Balaban J connectivity index is 2.88. The van der Waals surface area contributed by atoms with Gasteiger partial charge in [-0.25, -0.2) is 9.50 Å². The fraction of sp³-hybridized carbons (Fsp3) is 0.250. The fourth-order valence-corrected chi connectivity index (χ4v) is 1.75. The summed E-state index contributed by atoms with van der Waals surface area (Å²) in [5.74, 6) is 0. The SMILES string of the molecule is Cc1cc(C)n2nc(I)cc2n1. The van der Waals surface area contributed by atoms with E-state index in [1.807, 2.05) is 30.5 Å². The second-order valence-electron chi connectivity index (χ2n) is 2.78. The number of rotatable bonds is 0. The lowest BCUT2D eigenvalue weighted by molar-refractivity contribution is 0.876. The molecule has 2 rings (SSSR count). The maximum Gasteiger partial charge on any atom is 0.156 e. The summed E-state index contributed by atoms with van der Waals surface area (Å²) < 4.78 is 2.84. The van der Waals surface area contributed by atoms with E-state index in [0.717, 1.165) is 20.7 Å². The third kappa shape index (κ3) is 1.20. The van der Waals surface area contributed by atoms with Gasteiger partial charge >= 0.3 is 0 Å². The van der Waals surface area contributed by atoms with Crippen LogP contribution in [0.1, 0.15) is 11.4 Å². The van der Waals surface area contributed by atoms with E-state index in [9.17, 15) is 0 Å². The largest absolute Gasteiger partial charge is 0.234 e. The van der Waals surface area contributed by atoms with E-state index in [1.165, 1.54) is 0 Å². The summed E-state index contributed by atoms with van der Waals surface area (Å²) in [6.45, 7) is 4.03. The first-order valence-electron chi connectivity index (χ1n) is 3.66. The Morgan fingerprint density at radius 1 is 1.33 bits per heavy atom. The molecule has 0 aliphatic rings. The molecule has 0 saturated heterocycles. The van der Waals surface area contributed by atoms with Gasteiger partial charge in [0.1, 0.15) is 3.70 Å². The lowest BCUT2D eigenvalue weighted by atomic mass is 10.3. The summed E-state index contributed by atoms with van der Waals surface area (Å²) in [6.07, 6.45) is 0. The van der Waals surface area contributed by atoms with Gasteiger partial charge in [-0.05, 0) is 42.5 Å². The van der Waals surface area contributed by atoms with E-state index in [4.69, 9.17) is 0 Å². The van der Waals surface area contributed by atoms with Crippen molar-refractivity contribution in [2.24, 2.45) is 0 Å². The molecule has 0 aliphatic carbocycles. The fourth-order valence-electron chi connectivity index (χ4n) is 1.26. The van der Waals surface area contributed by atoms with Crippen LogP contribution in [-0.2, 0) is 0 Å². The molecule has 0 aromatic carbocycles. The van der Waals surface area contributed by atoms with Gasteiger partial charge in [0.15, 0.2) is 5.65 Å². The molecule has 12 heavy (non-hydrogen) atoms. The van der Waals surface area contributed by atoms with Crippen molar-refractivity contribution >= 4 is 28.2 Å². The maximum absolute atomic E-state index is 4.35. The number of hydrogen-bond donors (Lipinski definition) is 0. The van der Waals surface area contributed by atoms with E-state index < -0.39 is 0 Å². The Kier molecular flexibility index (Phi) is 1.79. The van der Waals surface area contributed by atoms with Crippen LogP contribution in [0.5, 0.6) is 0 Å². The summed E-state index contributed by atoms with van der Waals surface area (Å²) in [5.41, 5.74) is 3.09. The highest BCUT2D eigenvalue weighted by Gasteiger charge is 2.02. The van der Waals surface area contributed by atoms with Crippen LogP contribution >= 0.6 is 22.6 Å². The summed E-state index contributed by atoms with van der Waals surface area (Å²) in [5, 5.41) is 4.29. The second-order valence-corrected chi connectivity index (χ2v) is 3.88. The van der Waals surface area contributed by atoms with Crippen molar-refractivity contribution in [2.45, 2.75) is 13.8 Å². The van der Waals surface area contributed by atoms with Gasteiger partial charge in [0.2, 0.25) is 0 Å². The number of hydrogen-bond acceptors (Lipinski definition) is 2. The molecular weight excluding hydrogens is 265 g/mol. The highest BCUT2D eigenvalue weighted by molar-refractivity contribution is 14.1. The molecule has 0 unspecified atom stereocenters. The molecule has 62 valence electrons. The van der Waals surface area contributed by atoms with Crippen LogP contribution in [0.25, 0.3) is 5.65 Å². The van der Waals surface area contributed by atoms with Gasteiger partial charge in [0.25, 0.3) is 0 Å². The highest BCUT2D eigenvalue weighted by Crippen LogP contribution is 2.09. The first-order chi connectivity index (χ1) is 5.66. The molecule has 2 aromatic heterocycles. The van der Waals surface area contributed by atoms with Crippen LogP contribution in [0.2, 0.25) is 0 Å². The average Bonchev–Trinajstić information content (AvgIpc) is 2.29. The number of aromatic nitrogens is 3. The Labute approximate surface area is 83.9 Å². The quantitative estimate of drug-likeness (QED) is 0.687. The van der Waals surface area contributed by atoms with Gasteiger partial charge in [-0.15, -0.1) is 0 Å². The molecule has 3 nitrogen and oxygen atoms in total. The Morgan fingerprint density at radius 3 is 2.83 bits per heavy atom. The lowest BCUT2D eigenvalue weighted by Crippen LogP contribution is -1.96. The molecule has 0 saturated carbocycles. The van der Waals surface area contributed by atoms with Crippen molar-refractivity contribution in [1.82, 2.24) is 14.6 Å². The standard InChI is InChI=1S/C8H8IN3/c1-5-3-6(2)12-8(10-5)4-7(9)11-12/h3-4H,1-2H3. The van der Waals surface area contributed by atoms with E-state index in [0.29, 0.717) is 0 Å². The van der Waals surface area contributed by atoms with Gasteiger partial charge in [-0.2, -0.15) is 5.10 Å². The molecule has 0 radical (unpaired) electrons. The molecule has 0 atom stereocenters. The van der Waals surface area contributed by atoms with Crippen LogP contribution in [0.4, 0.5) is 0 Å². The molecule has 2 aromatic rings. The molecule has 0 N–H and O–H groups in total. The third-order valence-electron chi connectivity index (χ3n) is 1.70. The Hall–Kier alpha value is -0.650. The number of halogens is 1. The molecule has 0 amide bonds. The van der Waals surface area contributed by atoms with E-state index >= 15 is 0 Å². The van der Waals surface area contributed by atoms with Crippen molar-refractivity contribution in [2.75, 3.05) is 0 Å². The zero-order valence-electron chi connectivity index (χ0n) is 6.87. The molecule has 0 spiro atoms. The number of nitrogens with zero attached hydrogens (tertiary/aromatic N) is 3. The Bertz CT molecular complexity index is 433. The van der Waals surface area contributed by atoms with Crippen molar-refractivity contribution in [3.8, 4) is 0 Å². The smallest absolute Gasteiger partial charge is 0.156 e. The van der Waals surface area contributed by atoms with Crippen molar-refractivity contribution in [3.05, 3.63) is 27.2 Å². The Morgan fingerprint density at radius 2 is 2.08 bits per heavy atom. The maximum atomic E-state index is 4.35. The predicted octanol–water partition coefficient (Wildman–Crippen LogP) is 1.95. The van der Waals surface area contributed by atoms with Crippen LogP contribution in [0.3, 0.4) is 0 Å². The van der Waals surface area contributed by atoms with Gasteiger partial charge in [0, 0.05) is 17.5 Å². The topological polar surface area (TPSA) is 30.2 Å². The van der Waals surface area contributed by atoms with Gasteiger partial charge < -0.3 is 0 Å². The first kappa shape index (κ1) is 7.97. The molecule has 0 fully saturated rings. The minimum Gasteiger partial charge on any atom is -0.234 e. The van der Waals surface area contributed by atoms with Crippen molar-refractivity contribution < 1.29 is 0 Å². The molecule has 0 aliphatic heterocycles. The zero-order valence-corrected chi connectivity index (χ0v) is 9.03. The van der Waals surface area contributed by atoms with Crippen molar-refractivity contribution in [3.63, 3.8) is 0 Å². The van der Waals surface area contributed by atoms with E-state index in [-0.39, 0.29) is 0 Å². The zero-order chi connectivity index (χ0) is 8.72. The van der Waals surface area contributed by atoms with Crippen LogP contribution < -0.4 is 0 Å². The van der Waals surface area contributed by atoms with Gasteiger partial charge in [-0.1, -0.05) is 0 Å². The molecule has 4 heteroatoms. The molecule has 2 heterocycles. The van der Waals surface area contributed by atoms with E-state index in [2.05, 4.69) is 32.7 Å². The minimum atomic E-state index is 0.928. The van der Waals surface area contributed by atoms with Crippen LogP contribution in [0.15, 0.2) is 12.1 Å². The van der Waals surface area contributed by atoms with E-state index in [1.54, 1.807) is 0 Å². The average molecular weight is 273 g/mol. The summed E-state index contributed by atoms with van der Waals surface area (Å²) >= 11 is 2.19. The first-order valence-corrected chi connectivity index (χ1v) is 4.74. The molecule has 0 bridgehead atoms. The highest BCUT2D eigenvalue weighted by atomic mass is 127. The van der Waals surface area contributed by atoms with Crippen LogP contribution in [0, 0.1) is 17.5 Å². The summed E-state index contributed by atoms with van der Waals surface area (Å²) in [4.78, 5) is 4.35.